The standard InChI is InChI=1S/C4H5N3/c1-4(3-5)7-6-2/h2H2,1H3/b7-4+. The van der Waals surface area contributed by atoms with Crippen LogP contribution in [0.5, 0.6) is 0 Å². The maximum atomic E-state index is 8.00. The van der Waals surface area contributed by atoms with Crippen molar-refractivity contribution in [1.29, 1.82) is 5.26 Å². The van der Waals surface area contributed by atoms with Gasteiger partial charge in [0.05, 0.1) is 0 Å². The van der Waals surface area contributed by atoms with Crippen molar-refractivity contribution < 1.29 is 0 Å². The highest BCUT2D eigenvalue weighted by Crippen LogP contribution is 1.71. The average Bonchev–Trinajstić information content (AvgIpc) is 1.68. The molecule has 0 saturated carbocycles. The quantitative estimate of drug-likeness (QED) is 0.347. The second-order valence-electron chi connectivity index (χ2n) is 0.939. The van der Waals surface area contributed by atoms with Crippen LogP contribution in [0.4, 0.5) is 0 Å². The predicted octanol–water partition coefficient (Wildman–Crippen LogP) is 0.586. The lowest BCUT2D eigenvalue weighted by Crippen LogP contribution is -1.79. The van der Waals surface area contributed by atoms with Gasteiger partial charge >= 0.3 is 0 Å². The molecule has 0 aromatic carbocycles. The van der Waals surface area contributed by atoms with E-state index in [9.17, 15) is 0 Å². The van der Waals surface area contributed by atoms with Crippen molar-refractivity contribution in [3.05, 3.63) is 0 Å². The average molecular weight is 95.1 g/mol. The Morgan fingerprint density at radius 2 is 2.43 bits per heavy atom. The predicted molar refractivity (Wildman–Crippen MR) is 28.3 cm³/mol. The minimum atomic E-state index is 0.329. The molecule has 3 heteroatoms. The third-order valence-electron chi connectivity index (χ3n) is 0.383. The maximum Gasteiger partial charge on any atom is 0.137 e. The molecular weight excluding hydrogens is 90.1 g/mol. The summed E-state index contributed by atoms with van der Waals surface area (Å²) in [5.41, 5.74) is 0.329. The molecule has 0 aromatic heterocycles. The maximum absolute atomic E-state index is 8.00. The highest BCUT2D eigenvalue weighted by molar-refractivity contribution is 5.96. The Kier molecular flexibility index (Phi) is 2.53. The highest BCUT2D eigenvalue weighted by Gasteiger charge is 1.77. The molecule has 0 radical (unpaired) electrons. The van der Waals surface area contributed by atoms with Gasteiger partial charge in [-0.05, 0) is 6.92 Å². The Balaban J connectivity index is 3.80. The summed E-state index contributed by atoms with van der Waals surface area (Å²) in [6.45, 7) is 4.62. The summed E-state index contributed by atoms with van der Waals surface area (Å²) in [6, 6.07) is 1.78. The van der Waals surface area contributed by atoms with E-state index in [0.717, 1.165) is 0 Å². The summed E-state index contributed by atoms with van der Waals surface area (Å²) >= 11 is 0. The van der Waals surface area contributed by atoms with Crippen molar-refractivity contribution in [2.45, 2.75) is 6.92 Å². The molecule has 0 saturated heterocycles. The van der Waals surface area contributed by atoms with Crippen LogP contribution < -0.4 is 0 Å². The lowest BCUT2D eigenvalue weighted by atomic mass is 10.5. The van der Waals surface area contributed by atoms with Crippen LogP contribution in [0.3, 0.4) is 0 Å². The fourth-order valence-electron chi connectivity index (χ4n) is 0.128. The number of hydrogen-bond donors (Lipinski definition) is 0. The third-order valence-corrected chi connectivity index (χ3v) is 0.383. The molecule has 7 heavy (non-hydrogen) atoms. The Hall–Kier alpha value is -1.17. The van der Waals surface area contributed by atoms with Gasteiger partial charge in [-0.3, -0.25) is 0 Å². The molecule has 0 aromatic rings. The summed E-state index contributed by atoms with van der Waals surface area (Å²) in [7, 11) is 0. The van der Waals surface area contributed by atoms with E-state index >= 15 is 0 Å². The van der Waals surface area contributed by atoms with Crippen LogP contribution in [0.15, 0.2) is 10.2 Å². The minimum Gasteiger partial charge on any atom is -0.191 e. The molecule has 3 nitrogen and oxygen atoms in total. The zero-order valence-electron chi connectivity index (χ0n) is 4.05. The van der Waals surface area contributed by atoms with Gasteiger partial charge in [0.25, 0.3) is 0 Å². The summed E-state index contributed by atoms with van der Waals surface area (Å²) in [6.07, 6.45) is 0. The molecule has 0 atom stereocenters. The van der Waals surface area contributed by atoms with E-state index in [1.807, 2.05) is 0 Å². The van der Waals surface area contributed by atoms with E-state index in [2.05, 4.69) is 16.9 Å². The molecule has 0 bridgehead atoms. The Bertz CT molecular complexity index is 128. The first-order valence-corrected chi connectivity index (χ1v) is 1.71. The molecule has 0 spiro atoms. The number of nitriles is 1. The zero-order chi connectivity index (χ0) is 5.70. The van der Waals surface area contributed by atoms with Crippen LogP contribution >= 0.6 is 0 Å². The van der Waals surface area contributed by atoms with E-state index in [4.69, 9.17) is 5.26 Å². The first-order chi connectivity index (χ1) is 3.31. The zero-order valence-corrected chi connectivity index (χ0v) is 4.05. The van der Waals surface area contributed by atoms with Crippen LogP contribution in [0.2, 0.25) is 0 Å². The summed E-state index contributed by atoms with van der Waals surface area (Å²) in [5, 5.41) is 14.4. The van der Waals surface area contributed by atoms with E-state index in [1.54, 1.807) is 13.0 Å². The summed E-state index contributed by atoms with van der Waals surface area (Å²) < 4.78 is 0. The van der Waals surface area contributed by atoms with Gasteiger partial charge in [-0.25, -0.2) is 0 Å². The number of nitrogens with zero attached hydrogens (tertiary/aromatic N) is 3. The highest BCUT2D eigenvalue weighted by atomic mass is 15.2. The number of hydrogen-bond acceptors (Lipinski definition) is 3. The van der Waals surface area contributed by atoms with Gasteiger partial charge in [0.15, 0.2) is 0 Å². The van der Waals surface area contributed by atoms with E-state index in [1.165, 1.54) is 0 Å². The minimum absolute atomic E-state index is 0.329. The first kappa shape index (κ1) is 5.83. The Labute approximate surface area is 42.0 Å². The second-order valence-corrected chi connectivity index (χ2v) is 0.939. The van der Waals surface area contributed by atoms with Crippen molar-refractivity contribution in [3.8, 4) is 6.07 Å². The Morgan fingerprint density at radius 1 is 1.86 bits per heavy atom. The van der Waals surface area contributed by atoms with Gasteiger partial charge in [0.2, 0.25) is 0 Å². The van der Waals surface area contributed by atoms with E-state index < -0.39 is 0 Å². The summed E-state index contributed by atoms with van der Waals surface area (Å²) in [5.74, 6) is 0. The normalized spacial score (nSPS) is 10.0. The van der Waals surface area contributed by atoms with Gasteiger partial charge < -0.3 is 0 Å². The van der Waals surface area contributed by atoms with Gasteiger partial charge in [0, 0.05) is 6.72 Å². The van der Waals surface area contributed by atoms with Crippen molar-refractivity contribution >= 4 is 12.4 Å². The summed E-state index contributed by atoms with van der Waals surface area (Å²) in [4.78, 5) is 0. The van der Waals surface area contributed by atoms with Gasteiger partial charge in [0.1, 0.15) is 11.8 Å². The fraction of sp³-hybridized carbons (Fsp3) is 0.250. The second kappa shape index (κ2) is 3.04. The molecule has 0 aliphatic rings. The van der Waals surface area contributed by atoms with Crippen molar-refractivity contribution in [3.63, 3.8) is 0 Å². The van der Waals surface area contributed by atoms with E-state index in [0.29, 0.717) is 5.71 Å². The van der Waals surface area contributed by atoms with Crippen molar-refractivity contribution in [2.24, 2.45) is 10.2 Å². The third kappa shape index (κ3) is 2.64. The monoisotopic (exact) mass is 95.0 g/mol. The van der Waals surface area contributed by atoms with Crippen LogP contribution in [-0.2, 0) is 0 Å². The van der Waals surface area contributed by atoms with Crippen LogP contribution in [0.25, 0.3) is 0 Å². The van der Waals surface area contributed by atoms with Crippen LogP contribution in [0, 0.1) is 11.3 Å². The molecule has 0 rings (SSSR count). The molecule has 0 unspecified atom stereocenters. The fourth-order valence-corrected chi connectivity index (χ4v) is 0.128. The topological polar surface area (TPSA) is 48.5 Å². The molecule has 0 fully saturated rings. The van der Waals surface area contributed by atoms with Gasteiger partial charge in [-0.2, -0.15) is 10.4 Å². The van der Waals surface area contributed by atoms with Crippen molar-refractivity contribution in [2.75, 3.05) is 0 Å². The molecule has 0 aliphatic heterocycles. The number of rotatable bonds is 1. The molecule has 0 heterocycles. The molecule has 36 valence electrons. The van der Waals surface area contributed by atoms with Crippen LogP contribution in [-0.4, -0.2) is 12.4 Å². The smallest absolute Gasteiger partial charge is 0.137 e. The van der Waals surface area contributed by atoms with E-state index in [-0.39, 0.29) is 0 Å². The largest absolute Gasteiger partial charge is 0.191 e. The first-order valence-electron chi connectivity index (χ1n) is 1.71. The van der Waals surface area contributed by atoms with Crippen LogP contribution in [0.1, 0.15) is 6.92 Å². The molecule has 0 N–H and O–H groups in total. The van der Waals surface area contributed by atoms with Crippen molar-refractivity contribution in [1.82, 2.24) is 0 Å². The van der Waals surface area contributed by atoms with Gasteiger partial charge in [-0.1, -0.05) is 0 Å². The molecule has 0 amide bonds. The molecule has 0 aliphatic carbocycles. The van der Waals surface area contributed by atoms with Gasteiger partial charge in [-0.15, -0.1) is 5.10 Å². The lowest BCUT2D eigenvalue weighted by molar-refractivity contribution is 1.26. The molecular formula is C4H5N3. The lowest BCUT2D eigenvalue weighted by Gasteiger charge is -1.71. The SMILES string of the molecule is C=N/N=C(\C)C#N. The Morgan fingerprint density at radius 3 is 2.57 bits per heavy atom.